The fraction of sp³-hybridized carbons (Fsp3) is 0.636. The van der Waals surface area contributed by atoms with Crippen LogP contribution in [0.5, 0.6) is 0 Å². The number of hydrogen-bond donors (Lipinski definition) is 0. The van der Waals surface area contributed by atoms with Crippen LogP contribution >= 0.6 is 0 Å². The zero-order chi connectivity index (χ0) is 12.9. The second-order valence-corrected chi connectivity index (χ2v) is 4.14. The van der Waals surface area contributed by atoms with Crippen LogP contribution in [-0.2, 0) is 9.31 Å². The van der Waals surface area contributed by atoms with Gasteiger partial charge in [-0.3, -0.25) is 4.39 Å². The zero-order valence-corrected chi connectivity index (χ0v) is 10.0. The molecule has 0 bridgehead atoms. The molecule has 0 saturated heterocycles. The summed E-state index contributed by atoms with van der Waals surface area (Å²) in [4.78, 5) is 0. The van der Waals surface area contributed by atoms with Crippen LogP contribution in [0.3, 0.4) is 0 Å². The van der Waals surface area contributed by atoms with Gasteiger partial charge in [-0.2, -0.15) is 0 Å². The topological polar surface area (TPSA) is 18.5 Å². The number of alkyl halides is 3. The predicted octanol–water partition coefficient (Wildman–Crippen LogP) is 2.67. The largest absolute Gasteiger partial charge is 0.470 e. The molecule has 0 aliphatic heterocycles. The fourth-order valence-electron chi connectivity index (χ4n) is 2.23. The average molecular weight is 248 g/mol. The van der Waals surface area contributed by atoms with Crippen molar-refractivity contribution in [3.05, 3.63) is 23.3 Å². The molecular weight excluding hydrogens is 232 g/mol. The smallest absolute Gasteiger partial charge is 0.413 e. The first-order chi connectivity index (χ1) is 8.15. The summed E-state index contributed by atoms with van der Waals surface area (Å²) in [6, 6.07) is 0. The molecule has 0 saturated carbocycles. The summed E-state index contributed by atoms with van der Waals surface area (Å²) in [5, 5.41) is -1.14. The number of allylic oxidation sites excluding steroid dienone is 4. The van der Waals surface area contributed by atoms with E-state index in [1.165, 1.54) is 26.4 Å². The first kappa shape index (κ1) is 14.3. The minimum atomic E-state index is -1.14. The molecule has 0 aromatic carbocycles. The summed E-state index contributed by atoms with van der Waals surface area (Å²) in [5.74, 6) is 0. The lowest BCUT2D eigenvalue weighted by Crippen LogP contribution is -2.39. The first-order valence-electron chi connectivity index (χ1n) is 5.30. The predicted molar refractivity (Wildman–Crippen MR) is 61.2 cm³/mol. The molecule has 1 aliphatic rings. The van der Waals surface area contributed by atoms with Crippen molar-refractivity contribution in [2.45, 2.75) is 11.7 Å². The van der Waals surface area contributed by atoms with E-state index in [0.717, 1.165) is 0 Å². The Morgan fingerprint density at radius 3 is 2.29 bits per heavy atom. The Labute approximate surface area is 99.6 Å². The highest BCUT2D eigenvalue weighted by Gasteiger charge is 2.45. The molecule has 17 heavy (non-hydrogen) atoms. The molecule has 0 aromatic rings. The van der Waals surface area contributed by atoms with Crippen LogP contribution < -0.4 is 0 Å². The highest BCUT2D eigenvalue weighted by atomic mass is 19.1. The summed E-state index contributed by atoms with van der Waals surface area (Å²) in [6.45, 7) is -2.27. The van der Waals surface area contributed by atoms with Crippen molar-refractivity contribution in [1.82, 2.24) is 0 Å². The lowest BCUT2D eigenvalue weighted by molar-refractivity contribution is 0.231. The van der Waals surface area contributed by atoms with Crippen molar-refractivity contribution in [3.63, 3.8) is 0 Å². The van der Waals surface area contributed by atoms with Gasteiger partial charge in [-0.1, -0.05) is 12.2 Å². The number of rotatable bonds is 6. The zero-order valence-electron chi connectivity index (χ0n) is 10.0. The summed E-state index contributed by atoms with van der Waals surface area (Å²) in [6.07, 6.45) is 3.01. The van der Waals surface area contributed by atoms with Crippen LogP contribution in [0, 0.1) is 0 Å². The summed E-state index contributed by atoms with van der Waals surface area (Å²) >= 11 is 0. The Kier molecular flexibility index (Phi) is 5.27. The van der Waals surface area contributed by atoms with E-state index >= 15 is 0 Å². The lowest BCUT2D eigenvalue weighted by Gasteiger charge is -2.34. The third-order valence-electron chi connectivity index (χ3n) is 2.89. The van der Waals surface area contributed by atoms with E-state index in [-0.39, 0.29) is 12.0 Å². The Balaban J connectivity index is 3.08. The normalized spacial score (nSPS) is 24.3. The van der Waals surface area contributed by atoms with Crippen LogP contribution in [0.2, 0.25) is 5.31 Å². The molecule has 1 atom stereocenters. The average Bonchev–Trinajstić information content (AvgIpc) is 2.39. The molecule has 1 aliphatic carbocycles. The van der Waals surface area contributed by atoms with E-state index in [2.05, 4.69) is 0 Å². The van der Waals surface area contributed by atoms with Gasteiger partial charge >= 0.3 is 7.12 Å². The summed E-state index contributed by atoms with van der Waals surface area (Å²) < 4.78 is 48.8. The molecule has 0 aromatic heterocycles. The van der Waals surface area contributed by atoms with Crippen molar-refractivity contribution < 1.29 is 22.5 Å². The number of halogens is 3. The van der Waals surface area contributed by atoms with Crippen LogP contribution in [0.15, 0.2) is 23.3 Å². The van der Waals surface area contributed by atoms with Gasteiger partial charge in [0.05, 0.1) is 12.0 Å². The second-order valence-electron chi connectivity index (χ2n) is 4.14. The molecule has 1 unspecified atom stereocenters. The van der Waals surface area contributed by atoms with E-state index < -0.39 is 32.5 Å². The van der Waals surface area contributed by atoms with Crippen LogP contribution in [-0.4, -0.2) is 41.4 Å². The molecule has 1 rings (SSSR count). The van der Waals surface area contributed by atoms with Gasteiger partial charge < -0.3 is 9.31 Å². The van der Waals surface area contributed by atoms with E-state index in [9.17, 15) is 13.2 Å². The molecule has 6 heteroatoms. The van der Waals surface area contributed by atoms with E-state index in [1.807, 2.05) is 0 Å². The molecule has 0 spiro atoms. The van der Waals surface area contributed by atoms with Crippen molar-refractivity contribution in [2.24, 2.45) is 0 Å². The van der Waals surface area contributed by atoms with Crippen LogP contribution in [0.4, 0.5) is 13.2 Å². The van der Waals surface area contributed by atoms with Crippen LogP contribution in [0.25, 0.3) is 0 Å². The molecule has 96 valence electrons. The van der Waals surface area contributed by atoms with Gasteiger partial charge in [0.25, 0.3) is 0 Å². The molecule has 0 amide bonds. The quantitative estimate of drug-likeness (QED) is 0.673. The molecule has 2 nitrogen and oxygen atoms in total. The van der Waals surface area contributed by atoms with Gasteiger partial charge in [-0.15, -0.1) is 0 Å². The molecule has 0 fully saturated rings. The third-order valence-corrected chi connectivity index (χ3v) is 2.89. The van der Waals surface area contributed by atoms with Gasteiger partial charge in [-0.05, 0) is 17.6 Å². The molecule has 0 heterocycles. The Bertz CT molecular complexity index is 316. The van der Waals surface area contributed by atoms with E-state index in [0.29, 0.717) is 5.57 Å². The lowest BCUT2D eigenvalue weighted by atomic mass is 9.53. The van der Waals surface area contributed by atoms with Crippen molar-refractivity contribution in [2.75, 3.05) is 34.2 Å². The van der Waals surface area contributed by atoms with Gasteiger partial charge in [-0.25, -0.2) is 8.78 Å². The molecule has 0 N–H and O–H groups in total. The monoisotopic (exact) mass is 248 g/mol. The minimum absolute atomic E-state index is 0.135. The van der Waals surface area contributed by atoms with Crippen molar-refractivity contribution >= 4 is 7.12 Å². The third kappa shape index (κ3) is 2.93. The maximum Gasteiger partial charge on any atom is 0.470 e. The van der Waals surface area contributed by atoms with Crippen molar-refractivity contribution in [3.8, 4) is 0 Å². The highest BCUT2D eigenvalue weighted by molar-refractivity contribution is 6.49. The number of hydrogen-bond acceptors (Lipinski definition) is 2. The van der Waals surface area contributed by atoms with E-state index in [1.54, 1.807) is 0 Å². The SMILES string of the molecule is COB(OC)C1(CF)C=C(CF)C=C(CF)C1. The molecule has 0 radical (unpaired) electrons. The van der Waals surface area contributed by atoms with Gasteiger partial charge in [0.15, 0.2) is 0 Å². The summed E-state index contributed by atoms with van der Waals surface area (Å²) in [5.41, 5.74) is 0.623. The summed E-state index contributed by atoms with van der Waals surface area (Å²) in [7, 11) is 1.90. The molecular formula is C11H16BF3O2. The standard InChI is InChI=1S/C11H16BF3O2/c1-16-12(17-2)11(8-15)4-9(6-13)3-10(5-11)7-14/h3-4H,5-8H2,1-2H3. The van der Waals surface area contributed by atoms with Gasteiger partial charge in [0, 0.05) is 14.2 Å². The Morgan fingerprint density at radius 1 is 1.24 bits per heavy atom. The Morgan fingerprint density at radius 2 is 1.88 bits per heavy atom. The van der Waals surface area contributed by atoms with E-state index in [4.69, 9.17) is 9.31 Å². The fourth-order valence-corrected chi connectivity index (χ4v) is 2.23. The first-order valence-corrected chi connectivity index (χ1v) is 5.30. The maximum atomic E-state index is 13.3. The minimum Gasteiger partial charge on any atom is -0.413 e. The van der Waals surface area contributed by atoms with Crippen molar-refractivity contribution in [1.29, 1.82) is 0 Å². The van der Waals surface area contributed by atoms with Gasteiger partial charge in [0.2, 0.25) is 0 Å². The maximum absolute atomic E-state index is 13.3. The van der Waals surface area contributed by atoms with Gasteiger partial charge in [0.1, 0.15) is 13.3 Å². The van der Waals surface area contributed by atoms with Crippen LogP contribution in [0.1, 0.15) is 6.42 Å². The highest BCUT2D eigenvalue weighted by Crippen LogP contribution is 2.44. The Hall–Kier alpha value is -0.745. The second kappa shape index (κ2) is 6.26.